The van der Waals surface area contributed by atoms with Crippen LogP contribution in [-0.2, 0) is 96.8 Å². The van der Waals surface area contributed by atoms with Crippen LogP contribution in [0.1, 0.15) is 0 Å². The SMILES string of the molecule is S=C([S-])N(c1ccccc1)c1ccccc1.S=C([S-])N(c1ccccc1)c1ccccc1.S=C([S-])N(c1ccccc1)c1ccccc1.S=C([S-])N(c1ccccc1)c1ccccc1.S=C([S-])N(c1ccccc1)c1ccccc1.S=C([S-])N(c1ccccc1)c1ccccc1.[Mo]. The Labute approximate surface area is 650 Å². The number of anilines is 12. The summed E-state index contributed by atoms with van der Waals surface area (Å²) in [6.45, 7) is 0. The van der Waals surface area contributed by atoms with Crippen LogP contribution in [0.3, 0.4) is 0 Å². The fourth-order valence-electron chi connectivity index (χ4n) is 9.08. The topological polar surface area (TPSA) is 19.4 Å². The first-order valence-electron chi connectivity index (χ1n) is 29.4. The van der Waals surface area contributed by atoms with E-state index < -0.39 is 0 Å². The molecule has 12 aromatic rings. The van der Waals surface area contributed by atoms with Crippen molar-refractivity contribution in [2.45, 2.75) is 0 Å². The Balaban J connectivity index is 0.000000183. The quantitative estimate of drug-likeness (QED) is 0.0657. The summed E-state index contributed by atoms with van der Waals surface area (Å²) in [5.74, 6) is 0. The third-order valence-electron chi connectivity index (χ3n) is 13.3. The minimum absolute atomic E-state index is 0. The fourth-order valence-corrected chi connectivity index (χ4v) is 11.6. The van der Waals surface area contributed by atoms with Crippen LogP contribution in [-0.4, -0.2) is 25.9 Å². The van der Waals surface area contributed by atoms with Gasteiger partial charge in [0.1, 0.15) is 0 Å². The zero-order chi connectivity index (χ0) is 68.3. The zero-order valence-corrected chi connectivity index (χ0v) is 63.4. The second-order valence-corrected chi connectivity index (χ2v) is 25.8. The molecule has 12 rings (SSSR count). The van der Waals surface area contributed by atoms with Crippen molar-refractivity contribution in [1.82, 2.24) is 0 Å². The van der Waals surface area contributed by atoms with Gasteiger partial charge in [-0.2, -0.15) is 0 Å². The van der Waals surface area contributed by atoms with Gasteiger partial charge in [-0.3, -0.25) is 0 Å². The molecule has 97 heavy (non-hydrogen) atoms. The van der Waals surface area contributed by atoms with E-state index in [-0.39, 0.29) is 21.1 Å². The second-order valence-electron chi connectivity index (χ2n) is 19.6. The van der Waals surface area contributed by atoms with Gasteiger partial charge in [-0.05, 0) is 146 Å². The third kappa shape index (κ3) is 25.4. The van der Waals surface area contributed by atoms with Crippen molar-refractivity contribution in [2.24, 2.45) is 0 Å². The van der Waals surface area contributed by atoms with E-state index in [9.17, 15) is 0 Å². The van der Waals surface area contributed by atoms with E-state index in [1.165, 1.54) is 0 Å². The smallest absolute Gasteiger partial charge is 0.0444 e. The summed E-state index contributed by atoms with van der Waals surface area (Å²) in [5.41, 5.74) is 11.9. The van der Waals surface area contributed by atoms with Gasteiger partial charge in [-0.25, -0.2) is 0 Å². The van der Waals surface area contributed by atoms with E-state index in [0.29, 0.717) is 25.9 Å². The molecule has 0 radical (unpaired) electrons. The summed E-state index contributed by atoms with van der Waals surface area (Å²) < 4.78 is 2.57. The van der Waals surface area contributed by atoms with E-state index in [0.717, 1.165) is 68.2 Å². The molecule has 0 N–H and O–H groups in total. The average molecular weight is 1560 g/mol. The molecule has 19 heteroatoms. The van der Waals surface area contributed by atoms with Crippen LogP contribution in [0.25, 0.3) is 0 Å². The van der Waals surface area contributed by atoms with Crippen LogP contribution in [0.5, 0.6) is 0 Å². The first kappa shape index (κ1) is 78.0. The first-order valence-corrected chi connectivity index (χ1v) is 34.3. The summed E-state index contributed by atoms with van der Waals surface area (Å²) in [6.07, 6.45) is 0. The number of thiocarbonyl (C=S) groups is 6. The molecule has 0 saturated heterocycles. The average Bonchev–Trinajstić information content (AvgIpc) is 2.51. The largest absolute Gasteiger partial charge is 0.411 e. The van der Waals surface area contributed by atoms with Crippen molar-refractivity contribution in [3.63, 3.8) is 0 Å². The number of hydrogen-bond acceptors (Lipinski definition) is 12. The molecule has 0 heterocycles. The van der Waals surface area contributed by atoms with Gasteiger partial charge in [0.15, 0.2) is 0 Å². The molecule has 0 saturated carbocycles. The van der Waals surface area contributed by atoms with Crippen molar-refractivity contribution in [3.05, 3.63) is 364 Å². The Kier molecular flexibility index (Phi) is 34.8. The summed E-state index contributed by atoms with van der Waals surface area (Å²) in [4.78, 5) is 11.3. The van der Waals surface area contributed by atoms with E-state index in [1.54, 1.807) is 0 Å². The van der Waals surface area contributed by atoms with Crippen LogP contribution in [0, 0.1) is 0 Å². The molecule has 0 aliphatic carbocycles. The van der Waals surface area contributed by atoms with Crippen molar-refractivity contribution in [2.75, 3.05) is 29.4 Å². The summed E-state index contributed by atoms with van der Waals surface area (Å²) in [6, 6.07) is 119. The monoisotopic (exact) mass is 1560 g/mol. The minimum atomic E-state index is 0. The van der Waals surface area contributed by atoms with Crippen LogP contribution in [0.15, 0.2) is 364 Å². The van der Waals surface area contributed by atoms with Gasteiger partial charge in [0.25, 0.3) is 0 Å². The van der Waals surface area contributed by atoms with Gasteiger partial charge in [-0.15, -0.1) is 0 Å². The predicted octanol–water partition coefficient (Wildman–Crippen LogP) is 21.9. The molecule has 6 nitrogen and oxygen atoms in total. The molecule has 12 aromatic carbocycles. The molecule has 0 fully saturated rings. The molecule has 0 aromatic heterocycles. The van der Waals surface area contributed by atoms with Crippen molar-refractivity contribution < 1.29 is 21.1 Å². The van der Waals surface area contributed by atoms with Gasteiger partial charge in [0.05, 0.1) is 0 Å². The summed E-state index contributed by atoms with van der Waals surface area (Å²) >= 11 is 61.5. The molecule has 0 amide bonds. The van der Waals surface area contributed by atoms with Gasteiger partial charge in [-0.1, -0.05) is 244 Å². The van der Waals surface area contributed by atoms with Crippen molar-refractivity contribution in [3.8, 4) is 0 Å². The number of para-hydroxylation sites is 12. The number of nitrogens with zero attached hydrogens (tertiary/aromatic N) is 6. The molecule has 0 aliphatic rings. The van der Waals surface area contributed by atoms with Gasteiger partial charge >= 0.3 is 0 Å². The minimum Gasteiger partial charge on any atom is -0.411 e. The molecular formula is C78H60MoN6S12-6. The van der Waals surface area contributed by atoms with Gasteiger partial charge in [0, 0.05) is 89.3 Å². The Morgan fingerprint density at radius 3 is 0.258 bits per heavy atom. The maximum atomic E-state index is 5.12. The van der Waals surface area contributed by atoms with Gasteiger partial charge in [0.2, 0.25) is 0 Å². The van der Waals surface area contributed by atoms with Crippen molar-refractivity contribution >= 4 is 243 Å². The van der Waals surface area contributed by atoms with E-state index in [4.69, 9.17) is 149 Å². The molecule has 0 spiro atoms. The predicted molar refractivity (Wildman–Crippen MR) is 450 cm³/mol. The Morgan fingerprint density at radius 2 is 0.206 bits per heavy atom. The van der Waals surface area contributed by atoms with E-state index in [2.05, 4.69) is 0 Å². The van der Waals surface area contributed by atoms with Crippen LogP contribution in [0.2, 0.25) is 0 Å². The third-order valence-corrected chi connectivity index (χ3v) is 15.5. The maximum absolute atomic E-state index is 5.12. The first-order chi connectivity index (χ1) is 46.7. The number of rotatable bonds is 12. The number of benzene rings is 12. The molecule has 486 valence electrons. The number of hydrogen-bond donors (Lipinski definition) is 0. The van der Waals surface area contributed by atoms with Crippen LogP contribution >= 0.6 is 73.3 Å². The fraction of sp³-hybridized carbons (Fsp3) is 0. The summed E-state index contributed by atoms with van der Waals surface area (Å²) in [7, 11) is 0. The normalized spacial score (nSPS) is 9.65. The maximum Gasteiger partial charge on any atom is 0.0444 e. The molecule has 0 atom stereocenters. The Bertz CT molecular complexity index is 3300. The standard InChI is InChI=1S/6C13H11NS2.Mo/c6*15-13(16)14(11-7-3-1-4-8-11)12-9-5-2-6-10-12;/h6*1-10H,(H,15,16);/p-6. The molecule has 0 unspecified atom stereocenters. The molecule has 0 aliphatic heterocycles. The van der Waals surface area contributed by atoms with Gasteiger partial charge < -0.3 is 178 Å². The van der Waals surface area contributed by atoms with Crippen molar-refractivity contribution in [1.29, 1.82) is 0 Å². The van der Waals surface area contributed by atoms with E-state index in [1.807, 2.05) is 393 Å². The van der Waals surface area contributed by atoms with Crippen LogP contribution < -0.4 is 29.4 Å². The Morgan fingerprint density at radius 1 is 0.144 bits per heavy atom. The van der Waals surface area contributed by atoms with E-state index >= 15 is 0 Å². The molecule has 0 bridgehead atoms. The second kappa shape index (κ2) is 43.3. The summed E-state index contributed by atoms with van der Waals surface area (Å²) in [5, 5.41) is 0. The molecular weight excluding hydrogens is 1500 g/mol. The van der Waals surface area contributed by atoms with Crippen LogP contribution in [0.4, 0.5) is 68.2 Å². The Hall–Kier alpha value is -8.01. The zero-order valence-electron chi connectivity index (χ0n) is 51.6.